The van der Waals surface area contributed by atoms with Crippen molar-refractivity contribution in [2.24, 2.45) is 0 Å². The summed E-state index contributed by atoms with van der Waals surface area (Å²) in [4.78, 5) is 29.8. The molecule has 2 aromatic carbocycles. The van der Waals surface area contributed by atoms with E-state index >= 15 is 0 Å². The van der Waals surface area contributed by atoms with Gasteiger partial charge in [-0.1, -0.05) is 35.5 Å². The number of fused-ring (bicyclic) bond motifs is 1. The molecule has 24 heavy (non-hydrogen) atoms. The highest BCUT2D eigenvalue weighted by Crippen LogP contribution is 2.25. The molecule has 0 fully saturated rings. The number of benzene rings is 2. The standard InChI is InChI=1S/C15H11ClN4O3S/c16-9-5-6-10-12(7-9)19-15(18-10)24-8-14(21)17-11-3-1-2-4-13(11)20(22)23/h1-7H,8H2,(H,17,21)(H,18,19). The number of hydrogen-bond donors (Lipinski definition) is 2. The number of carbonyl (C=O) groups is 1. The molecule has 122 valence electrons. The van der Waals surface area contributed by atoms with Gasteiger partial charge in [-0.15, -0.1) is 0 Å². The predicted octanol–water partition coefficient (Wildman–Crippen LogP) is 3.86. The second kappa shape index (κ2) is 6.90. The zero-order valence-corrected chi connectivity index (χ0v) is 13.7. The SMILES string of the molecule is O=C(CSc1nc2ccc(Cl)cc2[nH]1)Nc1ccccc1[N+](=O)[O-]. The number of carbonyl (C=O) groups excluding carboxylic acids is 1. The number of imidazole rings is 1. The zero-order chi connectivity index (χ0) is 17.1. The first-order chi connectivity index (χ1) is 11.5. The number of halogens is 1. The predicted molar refractivity (Wildman–Crippen MR) is 93.6 cm³/mol. The Morgan fingerprint density at radius 2 is 2.12 bits per heavy atom. The number of amides is 1. The molecule has 0 bridgehead atoms. The maximum Gasteiger partial charge on any atom is 0.292 e. The summed E-state index contributed by atoms with van der Waals surface area (Å²) in [6.45, 7) is 0. The molecule has 9 heteroatoms. The van der Waals surface area contributed by atoms with Crippen LogP contribution in [0.2, 0.25) is 5.02 Å². The van der Waals surface area contributed by atoms with Crippen LogP contribution in [0.3, 0.4) is 0 Å². The van der Waals surface area contributed by atoms with Crippen molar-refractivity contribution in [3.8, 4) is 0 Å². The number of rotatable bonds is 5. The lowest BCUT2D eigenvalue weighted by Gasteiger charge is -2.04. The van der Waals surface area contributed by atoms with Crippen LogP contribution in [-0.4, -0.2) is 26.6 Å². The third-order valence-electron chi connectivity index (χ3n) is 3.14. The molecule has 3 rings (SSSR count). The van der Waals surface area contributed by atoms with Crippen LogP contribution >= 0.6 is 23.4 Å². The average molecular weight is 363 g/mol. The van der Waals surface area contributed by atoms with Gasteiger partial charge in [-0.25, -0.2) is 4.98 Å². The molecule has 2 N–H and O–H groups in total. The molecule has 0 atom stereocenters. The third-order valence-corrected chi connectivity index (χ3v) is 4.25. The van der Waals surface area contributed by atoms with Gasteiger partial charge in [0.2, 0.25) is 5.91 Å². The Bertz CT molecular complexity index is 928. The van der Waals surface area contributed by atoms with Crippen LogP contribution in [0, 0.1) is 10.1 Å². The lowest BCUT2D eigenvalue weighted by Crippen LogP contribution is -2.15. The monoisotopic (exact) mass is 362 g/mol. The largest absolute Gasteiger partial charge is 0.333 e. The van der Waals surface area contributed by atoms with E-state index in [0.717, 1.165) is 11.0 Å². The Morgan fingerprint density at radius 1 is 1.33 bits per heavy atom. The molecule has 0 saturated carbocycles. The van der Waals surface area contributed by atoms with Gasteiger partial charge in [0.25, 0.3) is 5.69 Å². The highest BCUT2D eigenvalue weighted by atomic mass is 35.5. The number of anilines is 1. The van der Waals surface area contributed by atoms with Gasteiger partial charge in [-0.3, -0.25) is 14.9 Å². The number of para-hydroxylation sites is 2. The Labute approximate surface area is 145 Å². The second-order valence-electron chi connectivity index (χ2n) is 4.81. The molecule has 1 amide bonds. The van der Waals surface area contributed by atoms with Crippen LogP contribution < -0.4 is 5.32 Å². The molecule has 1 heterocycles. The van der Waals surface area contributed by atoms with Crippen LogP contribution in [0.25, 0.3) is 11.0 Å². The fourth-order valence-electron chi connectivity index (χ4n) is 2.09. The van der Waals surface area contributed by atoms with Crippen molar-refractivity contribution < 1.29 is 9.72 Å². The summed E-state index contributed by atoms with van der Waals surface area (Å²) in [6, 6.07) is 11.3. The number of nitro groups is 1. The highest BCUT2D eigenvalue weighted by molar-refractivity contribution is 7.99. The van der Waals surface area contributed by atoms with Crippen LogP contribution in [0.15, 0.2) is 47.6 Å². The van der Waals surface area contributed by atoms with Crippen LogP contribution in [0.4, 0.5) is 11.4 Å². The summed E-state index contributed by atoms with van der Waals surface area (Å²) in [5.74, 6) is -0.285. The zero-order valence-electron chi connectivity index (χ0n) is 12.2. The van der Waals surface area contributed by atoms with Gasteiger partial charge in [0.15, 0.2) is 5.16 Å². The summed E-state index contributed by atoms with van der Waals surface area (Å²) >= 11 is 7.11. The van der Waals surface area contributed by atoms with Gasteiger partial charge < -0.3 is 10.3 Å². The molecule has 0 aliphatic heterocycles. The minimum atomic E-state index is -0.536. The molecule has 1 aromatic heterocycles. The van der Waals surface area contributed by atoms with Crippen molar-refractivity contribution in [1.29, 1.82) is 0 Å². The van der Waals surface area contributed by atoms with Crippen LogP contribution in [0.5, 0.6) is 0 Å². The molecule has 0 aliphatic rings. The number of thioether (sulfide) groups is 1. The fraction of sp³-hybridized carbons (Fsp3) is 0.0667. The number of aromatic amines is 1. The van der Waals surface area contributed by atoms with Gasteiger partial charge in [-0.2, -0.15) is 0 Å². The quantitative estimate of drug-likeness (QED) is 0.407. The highest BCUT2D eigenvalue weighted by Gasteiger charge is 2.15. The Morgan fingerprint density at radius 3 is 2.92 bits per heavy atom. The van der Waals surface area contributed by atoms with E-state index in [1.807, 2.05) is 0 Å². The van der Waals surface area contributed by atoms with E-state index < -0.39 is 4.92 Å². The van der Waals surface area contributed by atoms with E-state index in [4.69, 9.17) is 11.6 Å². The number of nitrogens with zero attached hydrogens (tertiary/aromatic N) is 2. The van der Waals surface area contributed by atoms with Crippen molar-refractivity contribution in [2.75, 3.05) is 11.1 Å². The number of hydrogen-bond acceptors (Lipinski definition) is 5. The third kappa shape index (κ3) is 3.66. The maximum atomic E-state index is 12.0. The van der Waals surface area contributed by atoms with Gasteiger partial charge in [0.05, 0.1) is 21.7 Å². The van der Waals surface area contributed by atoms with E-state index in [1.165, 1.54) is 23.9 Å². The molecule has 0 radical (unpaired) electrons. The Hall–Kier alpha value is -2.58. The lowest BCUT2D eigenvalue weighted by atomic mass is 10.2. The van der Waals surface area contributed by atoms with Gasteiger partial charge in [-0.05, 0) is 24.3 Å². The first kappa shape index (κ1) is 16.3. The van der Waals surface area contributed by atoms with Crippen molar-refractivity contribution in [3.63, 3.8) is 0 Å². The summed E-state index contributed by atoms with van der Waals surface area (Å²) in [7, 11) is 0. The molecular weight excluding hydrogens is 352 g/mol. The molecule has 3 aromatic rings. The molecule has 7 nitrogen and oxygen atoms in total. The summed E-state index contributed by atoms with van der Waals surface area (Å²) in [5, 5.41) is 14.6. The van der Waals surface area contributed by atoms with Crippen molar-refractivity contribution in [3.05, 3.63) is 57.6 Å². The fourth-order valence-corrected chi connectivity index (χ4v) is 2.94. The maximum absolute atomic E-state index is 12.0. The number of H-pyrrole nitrogens is 1. The van der Waals surface area contributed by atoms with E-state index in [-0.39, 0.29) is 23.0 Å². The topological polar surface area (TPSA) is 101 Å². The Kier molecular flexibility index (Phi) is 4.68. The van der Waals surface area contributed by atoms with Crippen molar-refractivity contribution >= 4 is 51.7 Å². The molecule has 0 aliphatic carbocycles. The summed E-state index contributed by atoms with van der Waals surface area (Å²) in [5.41, 5.74) is 1.56. The number of nitro benzene ring substituents is 1. The van der Waals surface area contributed by atoms with Crippen molar-refractivity contribution in [1.82, 2.24) is 9.97 Å². The van der Waals surface area contributed by atoms with Crippen molar-refractivity contribution in [2.45, 2.75) is 5.16 Å². The summed E-state index contributed by atoms with van der Waals surface area (Å²) < 4.78 is 0. The Balaban J connectivity index is 1.66. The number of aromatic nitrogens is 2. The summed E-state index contributed by atoms with van der Waals surface area (Å²) in [6.07, 6.45) is 0. The van der Waals surface area contributed by atoms with Crippen LogP contribution in [0.1, 0.15) is 0 Å². The molecule has 0 unspecified atom stereocenters. The van der Waals surface area contributed by atoms with Crippen LogP contribution in [-0.2, 0) is 4.79 Å². The van der Waals surface area contributed by atoms with E-state index in [2.05, 4.69) is 15.3 Å². The minimum Gasteiger partial charge on any atom is -0.333 e. The minimum absolute atomic E-state index is 0.0691. The molecule has 0 spiro atoms. The normalized spacial score (nSPS) is 10.7. The van der Waals surface area contributed by atoms with Gasteiger partial charge >= 0.3 is 0 Å². The average Bonchev–Trinajstić information content (AvgIpc) is 2.95. The first-order valence-electron chi connectivity index (χ1n) is 6.84. The van der Waals surface area contributed by atoms with E-state index in [9.17, 15) is 14.9 Å². The lowest BCUT2D eigenvalue weighted by molar-refractivity contribution is -0.383. The van der Waals surface area contributed by atoms with E-state index in [1.54, 1.807) is 30.3 Å². The number of nitrogens with one attached hydrogen (secondary N) is 2. The first-order valence-corrected chi connectivity index (χ1v) is 8.20. The second-order valence-corrected chi connectivity index (χ2v) is 6.22. The van der Waals surface area contributed by atoms with Gasteiger partial charge in [0.1, 0.15) is 5.69 Å². The molecular formula is C15H11ClN4O3S. The van der Waals surface area contributed by atoms with Gasteiger partial charge in [0, 0.05) is 11.1 Å². The van der Waals surface area contributed by atoms with E-state index in [0.29, 0.717) is 10.2 Å². The smallest absolute Gasteiger partial charge is 0.292 e. The molecule has 0 saturated heterocycles.